The Balaban J connectivity index is 1.83. The summed E-state index contributed by atoms with van der Waals surface area (Å²) in [6.45, 7) is 0.396. The van der Waals surface area contributed by atoms with E-state index in [2.05, 4.69) is 21.3 Å². The minimum Gasteiger partial charge on any atom is -0.289 e. The fourth-order valence-corrected chi connectivity index (χ4v) is 2.80. The van der Waals surface area contributed by atoms with Crippen LogP contribution in [0.5, 0.6) is 0 Å². The van der Waals surface area contributed by atoms with E-state index in [1.807, 2.05) is 0 Å². The molecule has 3 heterocycles. The van der Waals surface area contributed by atoms with E-state index in [1.54, 1.807) is 36.6 Å². The van der Waals surface area contributed by atoms with Gasteiger partial charge in [-0.05, 0) is 24.3 Å². The number of benzene rings is 1. The number of dihydropyridines is 1. The van der Waals surface area contributed by atoms with Gasteiger partial charge in [0.15, 0.2) is 5.69 Å². The highest BCUT2D eigenvalue weighted by atomic mass is 19.1. The molecule has 0 saturated carbocycles. The minimum atomic E-state index is -0.460. The van der Waals surface area contributed by atoms with E-state index in [0.29, 0.717) is 17.9 Å². The Morgan fingerprint density at radius 1 is 1.22 bits per heavy atom. The molecule has 0 saturated heterocycles. The lowest BCUT2D eigenvalue weighted by Crippen LogP contribution is -2.18. The molecule has 3 aromatic rings. The first-order chi connectivity index (χ1) is 13.2. The van der Waals surface area contributed by atoms with Crippen molar-refractivity contribution in [1.29, 1.82) is 5.26 Å². The summed E-state index contributed by atoms with van der Waals surface area (Å²) in [6, 6.07) is 11.3. The summed E-state index contributed by atoms with van der Waals surface area (Å²) in [5.41, 5.74) is 0.967. The van der Waals surface area contributed by atoms with Crippen LogP contribution >= 0.6 is 0 Å². The summed E-state index contributed by atoms with van der Waals surface area (Å²) in [7, 11) is 0. The maximum atomic E-state index is 14.2. The summed E-state index contributed by atoms with van der Waals surface area (Å²) in [6.07, 6.45) is 6.33. The minimum absolute atomic E-state index is 0.117. The standard InChI is InChI=1S/C19H13FN6O/c20-15-3-1-2-4-16(15)26-17(5-7-23-26)19-18(27)6-8-25(24-19)14-9-13(10-21)11-22-12-14/h1-9,12-13H,11H2. The maximum absolute atomic E-state index is 14.2. The van der Waals surface area contributed by atoms with Crippen molar-refractivity contribution in [2.45, 2.75) is 0 Å². The van der Waals surface area contributed by atoms with E-state index >= 15 is 0 Å². The quantitative estimate of drug-likeness (QED) is 0.717. The zero-order chi connectivity index (χ0) is 18.8. The van der Waals surface area contributed by atoms with Crippen LogP contribution < -0.4 is 5.43 Å². The second kappa shape index (κ2) is 6.80. The maximum Gasteiger partial charge on any atom is 0.209 e. The number of allylic oxidation sites excluding steroid dienone is 1. The van der Waals surface area contributed by atoms with Crippen LogP contribution in [0.2, 0.25) is 0 Å². The van der Waals surface area contributed by atoms with Crippen LogP contribution in [0.1, 0.15) is 0 Å². The number of hydrogen-bond donors (Lipinski definition) is 0. The average molecular weight is 360 g/mol. The predicted molar refractivity (Wildman–Crippen MR) is 97.7 cm³/mol. The van der Waals surface area contributed by atoms with Crippen molar-refractivity contribution in [2.24, 2.45) is 10.9 Å². The van der Waals surface area contributed by atoms with Gasteiger partial charge in [0.05, 0.1) is 36.1 Å². The van der Waals surface area contributed by atoms with E-state index in [-0.39, 0.29) is 22.7 Å². The zero-order valence-electron chi connectivity index (χ0n) is 14.0. The van der Waals surface area contributed by atoms with Gasteiger partial charge in [-0.3, -0.25) is 9.79 Å². The molecule has 8 heteroatoms. The van der Waals surface area contributed by atoms with Gasteiger partial charge < -0.3 is 0 Å². The molecule has 7 nitrogen and oxygen atoms in total. The second-order valence-electron chi connectivity index (χ2n) is 5.87. The third-order valence-electron chi connectivity index (χ3n) is 4.10. The van der Waals surface area contributed by atoms with Crippen molar-refractivity contribution in [3.63, 3.8) is 0 Å². The molecule has 1 aliphatic heterocycles. The third kappa shape index (κ3) is 3.06. The number of rotatable bonds is 3. The molecule has 1 unspecified atom stereocenters. The largest absolute Gasteiger partial charge is 0.289 e. The summed E-state index contributed by atoms with van der Waals surface area (Å²) in [4.78, 5) is 16.6. The van der Waals surface area contributed by atoms with Crippen LogP contribution in [0.3, 0.4) is 0 Å². The first kappa shape index (κ1) is 16.6. The molecule has 1 aromatic carbocycles. The first-order valence-electron chi connectivity index (χ1n) is 8.18. The van der Waals surface area contributed by atoms with Crippen LogP contribution in [0.25, 0.3) is 22.8 Å². The van der Waals surface area contributed by atoms with Gasteiger partial charge in [-0.1, -0.05) is 12.1 Å². The Hall–Kier alpha value is -3.86. The van der Waals surface area contributed by atoms with Gasteiger partial charge in [-0.2, -0.15) is 15.5 Å². The average Bonchev–Trinajstić information content (AvgIpc) is 3.18. The highest BCUT2D eigenvalue weighted by molar-refractivity contribution is 6.02. The molecule has 0 radical (unpaired) electrons. The Kier molecular flexibility index (Phi) is 4.18. The third-order valence-corrected chi connectivity index (χ3v) is 4.10. The molecule has 0 spiro atoms. The van der Waals surface area contributed by atoms with Crippen molar-refractivity contribution in [3.05, 3.63) is 70.9 Å². The SMILES string of the molecule is N#CC1C=C(n2ccc(=O)c(-c3ccnn3-c3ccccc3F)n2)C=NC1. The Bertz CT molecular complexity index is 1170. The molecular weight excluding hydrogens is 347 g/mol. The van der Waals surface area contributed by atoms with E-state index in [1.165, 1.54) is 33.9 Å². The number of nitrogens with zero attached hydrogens (tertiary/aromatic N) is 6. The second-order valence-corrected chi connectivity index (χ2v) is 5.87. The van der Waals surface area contributed by atoms with Crippen LogP contribution in [-0.2, 0) is 0 Å². The lowest BCUT2D eigenvalue weighted by molar-refractivity contribution is 0.611. The number of aliphatic imine (C=N–C) groups is 1. The topological polar surface area (TPSA) is 88.9 Å². The summed E-state index contributed by atoms with van der Waals surface area (Å²) in [5.74, 6) is -0.809. The lowest BCUT2D eigenvalue weighted by Gasteiger charge is -2.13. The molecule has 2 aromatic heterocycles. The molecule has 1 aliphatic rings. The molecular formula is C19H13FN6O. The predicted octanol–water partition coefficient (Wildman–Crippen LogP) is 2.30. The van der Waals surface area contributed by atoms with Crippen molar-refractivity contribution in [3.8, 4) is 23.1 Å². The number of para-hydroxylation sites is 1. The number of halogens is 1. The smallest absolute Gasteiger partial charge is 0.209 e. The Morgan fingerprint density at radius 3 is 2.89 bits per heavy atom. The van der Waals surface area contributed by atoms with Gasteiger partial charge >= 0.3 is 0 Å². The molecule has 0 fully saturated rings. The summed E-state index contributed by atoms with van der Waals surface area (Å²) < 4.78 is 17.0. The highest BCUT2D eigenvalue weighted by Gasteiger charge is 2.17. The lowest BCUT2D eigenvalue weighted by atomic mass is 10.1. The molecule has 132 valence electrons. The van der Waals surface area contributed by atoms with E-state index < -0.39 is 5.82 Å². The van der Waals surface area contributed by atoms with Crippen LogP contribution in [-0.4, -0.2) is 32.3 Å². The van der Waals surface area contributed by atoms with Crippen molar-refractivity contribution < 1.29 is 4.39 Å². The zero-order valence-corrected chi connectivity index (χ0v) is 14.0. The van der Waals surface area contributed by atoms with Crippen molar-refractivity contribution in [2.75, 3.05) is 6.54 Å². The Morgan fingerprint density at radius 2 is 2.07 bits per heavy atom. The molecule has 0 N–H and O–H groups in total. The first-order valence-corrected chi connectivity index (χ1v) is 8.18. The molecule has 27 heavy (non-hydrogen) atoms. The van der Waals surface area contributed by atoms with Gasteiger partial charge in [0, 0.05) is 18.5 Å². The fraction of sp³-hybridized carbons (Fsp3) is 0.105. The van der Waals surface area contributed by atoms with Crippen LogP contribution in [0.4, 0.5) is 4.39 Å². The monoisotopic (exact) mass is 360 g/mol. The van der Waals surface area contributed by atoms with E-state index in [4.69, 9.17) is 5.26 Å². The van der Waals surface area contributed by atoms with Gasteiger partial charge in [-0.25, -0.2) is 13.8 Å². The van der Waals surface area contributed by atoms with E-state index in [9.17, 15) is 9.18 Å². The van der Waals surface area contributed by atoms with Gasteiger partial charge in [0.2, 0.25) is 5.43 Å². The van der Waals surface area contributed by atoms with Gasteiger partial charge in [-0.15, -0.1) is 0 Å². The normalized spacial score (nSPS) is 16.0. The molecule has 1 atom stereocenters. The number of aromatic nitrogens is 4. The summed E-state index contributed by atoms with van der Waals surface area (Å²) in [5, 5.41) is 17.6. The molecule has 0 aliphatic carbocycles. The summed E-state index contributed by atoms with van der Waals surface area (Å²) >= 11 is 0. The van der Waals surface area contributed by atoms with Crippen LogP contribution in [0, 0.1) is 23.1 Å². The number of nitriles is 1. The molecule has 0 bridgehead atoms. The van der Waals surface area contributed by atoms with Gasteiger partial charge in [0.1, 0.15) is 11.5 Å². The molecule has 4 rings (SSSR count). The van der Waals surface area contributed by atoms with Crippen LogP contribution in [0.15, 0.2) is 64.7 Å². The Labute approximate surface area is 153 Å². The van der Waals surface area contributed by atoms with Crippen molar-refractivity contribution in [1.82, 2.24) is 19.6 Å². The van der Waals surface area contributed by atoms with E-state index in [0.717, 1.165) is 0 Å². The number of hydrogen-bond acceptors (Lipinski definition) is 5. The van der Waals surface area contributed by atoms with Crippen molar-refractivity contribution >= 4 is 11.9 Å². The fourth-order valence-electron chi connectivity index (χ4n) is 2.80. The molecule has 0 amide bonds. The van der Waals surface area contributed by atoms with Gasteiger partial charge in [0.25, 0.3) is 0 Å². The highest BCUT2D eigenvalue weighted by Crippen LogP contribution is 2.20.